The molecule has 0 atom stereocenters. The second-order valence-corrected chi connectivity index (χ2v) is 5.17. The lowest BCUT2D eigenvalue weighted by molar-refractivity contribution is 0.0747. The Labute approximate surface area is 101 Å². The van der Waals surface area contributed by atoms with Crippen LogP contribution in [0, 0.1) is 0 Å². The van der Waals surface area contributed by atoms with Crippen LogP contribution in [0.4, 0.5) is 0 Å². The van der Waals surface area contributed by atoms with E-state index in [0.717, 1.165) is 44.3 Å². The highest BCUT2D eigenvalue weighted by Crippen LogP contribution is 2.35. The van der Waals surface area contributed by atoms with Crippen molar-refractivity contribution in [3.63, 3.8) is 0 Å². The summed E-state index contributed by atoms with van der Waals surface area (Å²) >= 11 is 0. The highest BCUT2D eigenvalue weighted by atomic mass is 16.4. The van der Waals surface area contributed by atoms with Gasteiger partial charge in [0.25, 0.3) is 0 Å². The standard InChI is InChI=1S/C12H19N3O2/c16-10-4-6-15(7-5-10)8-11-13-14-12(17-11)9-2-1-3-9/h9-10,16H,1-8H2. The number of nitrogens with zero attached hydrogens (tertiary/aromatic N) is 3. The fraction of sp³-hybridized carbons (Fsp3) is 0.833. The third kappa shape index (κ3) is 2.50. The maximum atomic E-state index is 9.43. The number of aliphatic hydroxyl groups excluding tert-OH is 1. The molecule has 1 saturated carbocycles. The summed E-state index contributed by atoms with van der Waals surface area (Å²) < 4.78 is 5.69. The Balaban J connectivity index is 1.55. The summed E-state index contributed by atoms with van der Waals surface area (Å²) in [6, 6.07) is 0. The first-order chi connectivity index (χ1) is 8.31. The zero-order valence-corrected chi connectivity index (χ0v) is 10.0. The van der Waals surface area contributed by atoms with E-state index < -0.39 is 0 Å². The average Bonchev–Trinajstić information content (AvgIpc) is 2.67. The van der Waals surface area contributed by atoms with Gasteiger partial charge in [0.15, 0.2) is 0 Å². The summed E-state index contributed by atoms with van der Waals surface area (Å²) in [6.07, 6.45) is 5.24. The molecule has 5 nitrogen and oxygen atoms in total. The Bertz CT molecular complexity index is 368. The van der Waals surface area contributed by atoms with E-state index in [9.17, 15) is 5.11 Å². The molecular weight excluding hydrogens is 218 g/mol. The van der Waals surface area contributed by atoms with Gasteiger partial charge in [0.1, 0.15) is 0 Å². The molecule has 1 N–H and O–H groups in total. The first-order valence-corrected chi connectivity index (χ1v) is 6.54. The Morgan fingerprint density at radius 1 is 1.18 bits per heavy atom. The van der Waals surface area contributed by atoms with Crippen LogP contribution >= 0.6 is 0 Å². The lowest BCUT2D eigenvalue weighted by Crippen LogP contribution is -2.35. The number of piperidine rings is 1. The van der Waals surface area contributed by atoms with Crippen LogP contribution in [0.5, 0.6) is 0 Å². The molecule has 1 aromatic heterocycles. The molecule has 2 heterocycles. The molecule has 17 heavy (non-hydrogen) atoms. The predicted molar refractivity (Wildman–Crippen MR) is 61.4 cm³/mol. The topological polar surface area (TPSA) is 62.4 Å². The van der Waals surface area contributed by atoms with E-state index in [-0.39, 0.29) is 6.10 Å². The maximum absolute atomic E-state index is 9.43. The van der Waals surface area contributed by atoms with Gasteiger partial charge < -0.3 is 9.52 Å². The summed E-state index contributed by atoms with van der Waals surface area (Å²) in [5.41, 5.74) is 0. The van der Waals surface area contributed by atoms with Crippen molar-refractivity contribution in [2.45, 2.75) is 50.7 Å². The molecule has 0 amide bonds. The fourth-order valence-electron chi connectivity index (χ4n) is 2.42. The maximum Gasteiger partial charge on any atom is 0.230 e. The summed E-state index contributed by atoms with van der Waals surface area (Å²) in [7, 11) is 0. The molecule has 5 heteroatoms. The van der Waals surface area contributed by atoms with Crippen molar-refractivity contribution in [1.29, 1.82) is 0 Å². The Kier molecular flexibility index (Phi) is 3.11. The molecule has 0 unspecified atom stereocenters. The van der Waals surface area contributed by atoms with E-state index in [1.54, 1.807) is 0 Å². The molecule has 0 radical (unpaired) electrons. The van der Waals surface area contributed by atoms with Crippen LogP contribution in [-0.4, -0.2) is 39.4 Å². The van der Waals surface area contributed by atoms with Gasteiger partial charge in [0.2, 0.25) is 11.8 Å². The van der Waals surface area contributed by atoms with E-state index in [0.29, 0.717) is 5.92 Å². The van der Waals surface area contributed by atoms with Crippen molar-refractivity contribution in [3.05, 3.63) is 11.8 Å². The van der Waals surface area contributed by atoms with Gasteiger partial charge in [-0.05, 0) is 25.7 Å². The average molecular weight is 237 g/mol. The van der Waals surface area contributed by atoms with E-state index in [2.05, 4.69) is 15.1 Å². The van der Waals surface area contributed by atoms with Gasteiger partial charge in [-0.2, -0.15) is 0 Å². The Morgan fingerprint density at radius 3 is 2.59 bits per heavy atom. The van der Waals surface area contributed by atoms with Crippen LogP contribution in [0.1, 0.15) is 49.8 Å². The molecule has 0 bridgehead atoms. The lowest BCUT2D eigenvalue weighted by atomic mass is 9.85. The number of rotatable bonds is 3. The van der Waals surface area contributed by atoms with Crippen LogP contribution in [0.2, 0.25) is 0 Å². The summed E-state index contributed by atoms with van der Waals surface area (Å²) in [6.45, 7) is 2.57. The third-order valence-electron chi connectivity index (χ3n) is 3.85. The van der Waals surface area contributed by atoms with E-state index in [4.69, 9.17) is 4.42 Å². The highest BCUT2D eigenvalue weighted by molar-refractivity contribution is 4.96. The number of hydrogen-bond acceptors (Lipinski definition) is 5. The summed E-state index contributed by atoms with van der Waals surface area (Å²) in [4.78, 5) is 2.27. The van der Waals surface area contributed by atoms with Crippen LogP contribution in [0.3, 0.4) is 0 Å². The van der Waals surface area contributed by atoms with Crippen molar-refractivity contribution in [3.8, 4) is 0 Å². The van der Waals surface area contributed by atoms with Crippen LogP contribution in [0.25, 0.3) is 0 Å². The molecule has 1 saturated heterocycles. The fourth-order valence-corrected chi connectivity index (χ4v) is 2.42. The van der Waals surface area contributed by atoms with Gasteiger partial charge in [-0.15, -0.1) is 10.2 Å². The largest absolute Gasteiger partial charge is 0.424 e. The normalized spacial score (nSPS) is 23.8. The zero-order valence-electron chi connectivity index (χ0n) is 10.0. The second kappa shape index (κ2) is 4.74. The molecule has 3 rings (SSSR count). The lowest BCUT2D eigenvalue weighted by Gasteiger charge is -2.28. The molecular formula is C12H19N3O2. The predicted octanol–water partition coefficient (Wildman–Crippen LogP) is 1.29. The molecule has 1 aromatic rings. The van der Waals surface area contributed by atoms with Crippen LogP contribution in [-0.2, 0) is 6.54 Å². The summed E-state index contributed by atoms with van der Waals surface area (Å²) in [5, 5.41) is 17.7. The first-order valence-electron chi connectivity index (χ1n) is 6.54. The quantitative estimate of drug-likeness (QED) is 0.858. The smallest absolute Gasteiger partial charge is 0.230 e. The molecule has 0 spiro atoms. The number of hydrogen-bond donors (Lipinski definition) is 1. The van der Waals surface area contributed by atoms with E-state index >= 15 is 0 Å². The van der Waals surface area contributed by atoms with Gasteiger partial charge in [-0.1, -0.05) is 6.42 Å². The van der Waals surface area contributed by atoms with Gasteiger partial charge in [-0.3, -0.25) is 4.90 Å². The molecule has 1 aliphatic heterocycles. The van der Waals surface area contributed by atoms with Crippen molar-refractivity contribution >= 4 is 0 Å². The highest BCUT2D eigenvalue weighted by Gasteiger charge is 2.26. The molecule has 2 aliphatic rings. The minimum absolute atomic E-state index is 0.125. The van der Waals surface area contributed by atoms with Crippen molar-refractivity contribution < 1.29 is 9.52 Å². The van der Waals surface area contributed by atoms with E-state index in [1.807, 2.05) is 0 Å². The second-order valence-electron chi connectivity index (χ2n) is 5.17. The van der Waals surface area contributed by atoms with E-state index in [1.165, 1.54) is 19.3 Å². The Hall–Kier alpha value is -0.940. The minimum Gasteiger partial charge on any atom is -0.424 e. The number of likely N-dealkylation sites (tertiary alicyclic amines) is 1. The van der Waals surface area contributed by atoms with Gasteiger partial charge in [0.05, 0.1) is 12.6 Å². The SMILES string of the molecule is OC1CCN(Cc2nnc(C3CCC3)o2)CC1. The van der Waals surface area contributed by atoms with Crippen LogP contribution < -0.4 is 0 Å². The van der Waals surface area contributed by atoms with Crippen molar-refractivity contribution in [1.82, 2.24) is 15.1 Å². The molecule has 0 aromatic carbocycles. The zero-order chi connectivity index (χ0) is 11.7. The monoisotopic (exact) mass is 237 g/mol. The van der Waals surface area contributed by atoms with Gasteiger partial charge >= 0.3 is 0 Å². The minimum atomic E-state index is -0.125. The van der Waals surface area contributed by atoms with Crippen molar-refractivity contribution in [2.24, 2.45) is 0 Å². The summed E-state index contributed by atoms with van der Waals surface area (Å²) in [5.74, 6) is 2.06. The third-order valence-corrected chi connectivity index (χ3v) is 3.85. The Morgan fingerprint density at radius 2 is 1.94 bits per heavy atom. The van der Waals surface area contributed by atoms with Crippen LogP contribution in [0.15, 0.2) is 4.42 Å². The number of aliphatic hydroxyl groups is 1. The molecule has 1 aliphatic carbocycles. The van der Waals surface area contributed by atoms with Gasteiger partial charge in [-0.25, -0.2) is 0 Å². The van der Waals surface area contributed by atoms with Gasteiger partial charge in [0, 0.05) is 19.0 Å². The first kappa shape index (κ1) is 11.2. The number of aromatic nitrogens is 2. The molecule has 94 valence electrons. The van der Waals surface area contributed by atoms with Crippen molar-refractivity contribution in [2.75, 3.05) is 13.1 Å². The molecule has 2 fully saturated rings.